The van der Waals surface area contributed by atoms with E-state index >= 15 is 0 Å². The number of aromatic carboxylic acids is 1. The maximum absolute atomic E-state index is 14.3. The van der Waals surface area contributed by atoms with E-state index in [-0.39, 0.29) is 22.2 Å². The van der Waals surface area contributed by atoms with Gasteiger partial charge in [-0.15, -0.1) is 0 Å². The van der Waals surface area contributed by atoms with Gasteiger partial charge in [-0.25, -0.2) is 9.59 Å². The normalized spacial score (nSPS) is 15.3. The van der Waals surface area contributed by atoms with Gasteiger partial charge in [0.1, 0.15) is 30.8 Å². The molecule has 1 atom stereocenters. The molecule has 6 aromatic carbocycles. The van der Waals surface area contributed by atoms with E-state index in [4.69, 9.17) is 14.2 Å². The van der Waals surface area contributed by atoms with Crippen LogP contribution in [-0.2, 0) is 28.8 Å². The van der Waals surface area contributed by atoms with Gasteiger partial charge in [0.15, 0.2) is 5.78 Å². The molecule has 0 aromatic heterocycles. The third kappa shape index (κ3) is 14.0. The number of esters is 1. The minimum atomic E-state index is -1.01. The number of benzene rings is 6. The Morgan fingerprint density at radius 2 is 1.00 bits per heavy atom. The average molecular weight is 1010 g/mol. The predicted molar refractivity (Wildman–Crippen MR) is 302 cm³/mol. The van der Waals surface area contributed by atoms with Crippen molar-refractivity contribution in [1.29, 1.82) is 0 Å². The molecular weight excluding hydrogens is 937 g/mol. The molecule has 11 nitrogen and oxygen atoms in total. The zero-order chi connectivity index (χ0) is 53.3. The van der Waals surface area contributed by atoms with Gasteiger partial charge in [0.2, 0.25) is 0 Å². The van der Waals surface area contributed by atoms with Gasteiger partial charge in [-0.2, -0.15) is 0 Å². The van der Waals surface area contributed by atoms with Crippen LogP contribution in [0, 0.1) is 0 Å². The Morgan fingerprint density at radius 3 is 1.48 bits per heavy atom. The summed E-state index contributed by atoms with van der Waals surface area (Å²) in [6.45, 7) is 20.5. The fourth-order valence-corrected chi connectivity index (χ4v) is 9.33. The van der Waals surface area contributed by atoms with Crippen LogP contribution in [-0.4, -0.2) is 99.1 Å². The number of carboxylic acids is 1. The largest absolute Gasteiger partial charge is 0.486 e. The molecule has 2 fully saturated rings. The first-order chi connectivity index (χ1) is 35.9. The third-order valence-electron chi connectivity index (χ3n) is 14.0. The maximum atomic E-state index is 14.3. The lowest BCUT2D eigenvalue weighted by molar-refractivity contribution is 0.0392. The SMILES string of the molecule is CN1CCN(c2cc(C(=O)/C=C/c3ccc(C(=O)OC(/C=C/c4ccc(C(=O)O)cc4)c4cc(N5CCN(C)CC5)c(OCc5ccccc5)c(C(C)(C)C)c4)cc3)cc(C(C)(C)C)c2OCc2ccccc2)CC1. The summed E-state index contributed by atoms with van der Waals surface area (Å²) in [4.78, 5) is 49.5. The number of hydrogen-bond donors (Lipinski definition) is 1. The van der Waals surface area contributed by atoms with Gasteiger partial charge in [0.05, 0.1) is 22.5 Å². The summed E-state index contributed by atoms with van der Waals surface area (Å²) >= 11 is 0. The van der Waals surface area contributed by atoms with Crippen LogP contribution in [0.2, 0.25) is 0 Å². The van der Waals surface area contributed by atoms with Crippen molar-refractivity contribution in [2.45, 2.75) is 71.7 Å². The molecule has 2 aliphatic heterocycles. The smallest absolute Gasteiger partial charge is 0.339 e. The molecule has 0 saturated carbocycles. The highest BCUT2D eigenvalue weighted by atomic mass is 16.5. The van der Waals surface area contributed by atoms with Gasteiger partial charge in [-0.3, -0.25) is 4.79 Å². The van der Waals surface area contributed by atoms with Crippen molar-refractivity contribution in [2.75, 3.05) is 76.3 Å². The van der Waals surface area contributed by atoms with Crippen LogP contribution in [0.3, 0.4) is 0 Å². The Morgan fingerprint density at radius 1 is 0.547 bits per heavy atom. The van der Waals surface area contributed by atoms with E-state index in [1.807, 2.05) is 72.8 Å². The second-order valence-electron chi connectivity index (χ2n) is 21.8. The van der Waals surface area contributed by atoms with Crippen LogP contribution in [0.15, 0.2) is 146 Å². The Bertz CT molecular complexity index is 2980. The zero-order valence-corrected chi connectivity index (χ0v) is 44.8. The van der Waals surface area contributed by atoms with Crippen molar-refractivity contribution in [1.82, 2.24) is 9.80 Å². The molecule has 0 bridgehead atoms. The van der Waals surface area contributed by atoms with Crippen molar-refractivity contribution in [3.05, 3.63) is 201 Å². The van der Waals surface area contributed by atoms with Crippen molar-refractivity contribution >= 4 is 41.2 Å². The second kappa shape index (κ2) is 23.8. The molecule has 2 heterocycles. The van der Waals surface area contributed by atoms with Crippen LogP contribution in [0.5, 0.6) is 11.5 Å². The minimum Gasteiger partial charge on any atom is -0.486 e. The lowest BCUT2D eigenvalue weighted by Gasteiger charge is -2.37. The van der Waals surface area contributed by atoms with Crippen LogP contribution in [0.1, 0.15) is 118 Å². The lowest BCUT2D eigenvalue weighted by Crippen LogP contribution is -2.44. The molecule has 0 spiro atoms. The monoisotopic (exact) mass is 1010 g/mol. The summed E-state index contributed by atoms with van der Waals surface area (Å²) in [6, 6.07) is 42.1. The first-order valence-electron chi connectivity index (χ1n) is 26.0. The summed E-state index contributed by atoms with van der Waals surface area (Å²) in [6.07, 6.45) is 6.23. The van der Waals surface area contributed by atoms with E-state index in [9.17, 15) is 19.5 Å². The van der Waals surface area contributed by atoms with Crippen LogP contribution >= 0.6 is 0 Å². The summed E-state index contributed by atoms with van der Waals surface area (Å²) in [5.41, 5.74) is 8.64. The van der Waals surface area contributed by atoms with Crippen LogP contribution < -0.4 is 19.3 Å². The molecule has 2 aliphatic rings. The number of hydrogen-bond acceptors (Lipinski definition) is 10. The molecule has 1 unspecified atom stereocenters. The molecule has 11 heteroatoms. The first-order valence-corrected chi connectivity index (χ1v) is 26.0. The number of piperazine rings is 2. The Kier molecular flexibility index (Phi) is 17.1. The highest BCUT2D eigenvalue weighted by Crippen LogP contribution is 2.44. The van der Waals surface area contributed by atoms with Gasteiger partial charge in [-0.05, 0) is 113 Å². The summed E-state index contributed by atoms with van der Waals surface area (Å²) in [5, 5.41) is 9.56. The lowest BCUT2D eigenvalue weighted by atomic mass is 9.83. The van der Waals surface area contributed by atoms with Crippen molar-refractivity contribution in [2.24, 2.45) is 0 Å². The van der Waals surface area contributed by atoms with E-state index in [0.29, 0.717) is 24.3 Å². The van der Waals surface area contributed by atoms with Crippen molar-refractivity contribution in [3.63, 3.8) is 0 Å². The molecule has 8 rings (SSSR count). The molecule has 390 valence electrons. The van der Waals surface area contributed by atoms with Crippen LogP contribution in [0.4, 0.5) is 11.4 Å². The fourth-order valence-electron chi connectivity index (χ4n) is 9.33. The van der Waals surface area contributed by atoms with Gasteiger partial charge < -0.3 is 38.9 Å². The minimum absolute atomic E-state index is 0.136. The van der Waals surface area contributed by atoms with Gasteiger partial charge >= 0.3 is 11.9 Å². The molecule has 75 heavy (non-hydrogen) atoms. The molecule has 0 amide bonds. The van der Waals surface area contributed by atoms with Gasteiger partial charge in [-0.1, -0.05) is 139 Å². The number of nitrogens with zero attached hydrogens (tertiary/aromatic N) is 4. The van der Waals surface area contributed by atoms with E-state index < -0.39 is 18.0 Å². The number of allylic oxidation sites excluding steroid dienone is 1. The number of ketones is 1. The number of likely N-dealkylation sites (N-methyl/N-ethyl adjacent to an activating group) is 2. The molecule has 1 N–H and O–H groups in total. The summed E-state index contributed by atoms with van der Waals surface area (Å²) in [7, 11) is 4.26. The standard InChI is InChI=1S/C64H72N4O7/c1-63(2,3)53-39-51(41-55(67-35-31-65(7)32-36-67)59(53)73-43-47-15-11-9-12-16-47)57(69)29-23-45-21-27-50(28-22-45)62(72)75-58(30-24-46-19-25-49(26-20-46)61(70)71)52-40-54(64(4,5)6)60(74-44-48-17-13-10-14-18-48)56(42-52)68-37-33-66(8)34-38-68/h9-30,39-42,58H,31-38,43-44H2,1-8H3,(H,70,71)/b29-23+,30-24+. The number of rotatable bonds is 17. The fraction of sp³-hybridized carbons (Fsp3) is 0.328. The average Bonchev–Trinajstić information content (AvgIpc) is 3.40. The number of anilines is 2. The number of carboxylic acid groups (broad SMARTS) is 1. The van der Waals surface area contributed by atoms with Gasteiger partial charge in [0, 0.05) is 69.0 Å². The Hall–Kier alpha value is -7.47. The van der Waals surface area contributed by atoms with E-state index in [1.54, 1.807) is 48.6 Å². The number of carbonyl (C=O) groups is 3. The van der Waals surface area contributed by atoms with Crippen LogP contribution in [0.25, 0.3) is 12.2 Å². The van der Waals surface area contributed by atoms with Gasteiger partial charge in [0.25, 0.3) is 0 Å². The van der Waals surface area contributed by atoms with E-state index in [1.165, 1.54) is 0 Å². The van der Waals surface area contributed by atoms with Crippen molar-refractivity contribution in [3.8, 4) is 11.5 Å². The van der Waals surface area contributed by atoms with E-state index in [0.717, 1.165) is 114 Å². The third-order valence-corrected chi connectivity index (χ3v) is 14.0. The topological polar surface area (TPSA) is 112 Å². The summed E-state index contributed by atoms with van der Waals surface area (Å²) < 4.78 is 19.9. The molecule has 0 aliphatic carbocycles. The predicted octanol–water partition coefficient (Wildman–Crippen LogP) is 12.1. The highest BCUT2D eigenvalue weighted by Gasteiger charge is 2.31. The number of ether oxygens (including phenoxy) is 3. The maximum Gasteiger partial charge on any atom is 0.339 e. The Balaban J connectivity index is 1.08. The summed E-state index contributed by atoms with van der Waals surface area (Å²) in [5.74, 6) is -0.0629. The molecular formula is C64H72N4O7. The number of carbonyl (C=O) groups excluding carboxylic acids is 2. The zero-order valence-electron chi connectivity index (χ0n) is 44.8. The molecule has 6 aromatic rings. The second-order valence-corrected chi connectivity index (χ2v) is 21.8. The van der Waals surface area contributed by atoms with E-state index in [2.05, 4.69) is 112 Å². The first kappa shape index (κ1) is 53.8. The quantitative estimate of drug-likeness (QED) is 0.0535. The highest BCUT2D eigenvalue weighted by molar-refractivity contribution is 6.08. The Labute approximate surface area is 443 Å². The molecule has 2 saturated heterocycles. The molecule has 0 radical (unpaired) electrons. The van der Waals surface area contributed by atoms with Crippen molar-refractivity contribution < 1.29 is 33.7 Å².